The van der Waals surface area contributed by atoms with Crippen molar-refractivity contribution in [3.05, 3.63) is 53.9 Å². The summed E-state index contributed by atoms with van der Waals surface area (Å²) < 4.78 is 5.23. The molecule has 1 atom stereocenters. The molecule has 0 bridgehead atoms. The van der Waals surface area contributed by atoms with Gasteiger partial charge >= 0.3 is 5.97 Å². The average Bonchev–Trinajstić information content (AvgIpc) is 2.81. The van der Waals surface area contributed by atoms with Crippen molar-refractivity contribution in [3.8, 4) is 11.4 Å². The molecule has 0 saturated carbocycles. The lowest BCUT2D eigenvalue weighted by molar-refractivity contribution is -0.138. The van der Waals surface area contributed by atoms with Crippen LogP contribution in [0.5, 0.6) is 0 Å². The van der Waals surface area contributed by atoms with Crippen molar-refractivity contribution in [3.63, 3.8) is 0 Å². The Kier molecular flexibility index (Phi) is 11.6. The monoisotopic (exact) mass is 422 g/mol. The van der Waals surface area contributed by atoms with E-state index in [2.05, 4.69) is 30.7 Å². The molecule has 1 aromatic carbocycles. The van der Waals surface area contributed by atoms with Crippen molar-refractivity contribution < 1.29 is 9.53 Å². The van der Waals surface area contributed by atoms with Gasteiger partial charge in [-0.2, -0.15) is 0 Å². The number of nitrogens with zero attached hydrogens (tertiary/aromatic N) is 2. The highest BCUT2D eigenvalue weighted by Crippen LogP contribution is 2.17. The van der Waals surface area contributed by atoms with Crippen LogP contribution >= 0.6 is 0 Å². The molecule has 1 aromatic heterocycles. The quantitative estimate of drug-likeness (QED) is 0.186. The van der Waals surface area contributed by atoms with E-state index < -0.39 is 0 Å². The van der Waals surface area contributed by atoms with Crippen molar-refractivity contribution in [2.24, 2.45) is 5.92 Å². The van der Waals surface area contributed by atoms with E-state index in [1.807, 2.05) is 36.7 Å². The summed E-state index contributed by atoms with van der Waals surface area (Å²) in [6, 6.07) is 7.89. The number of aryl methyl sites for hydroxylation is 1. The molecule has 0 aliphatic heterocycles. The molecule has 2 aromatic rings. The Morgan fingerprint density at radius 2 is 1.61 bits per heavy atom. The van der Waals surface area contributed by atoms with Crippen LogP contribution < -0.4 is 0 Å². The molecule has 0 N–H and O–H groups in total. The van der Waals surface area contributed by atoms with E-state index in [4.69, 9.17) is 4.74 Å². The van der Waals surface area contributed by atoms with E-state index in [-0.39, 0.29) is 5.97 Å². The molecule has 1 heterocycles. The fourth-order valence-corrected chi connectivity index (χ4v) is 3.22. The number of unbranched alkanes of at least 4 members (excludes halogenated alkanes) is 6. The predicted octanol–water partition coefficient (Wildman–Crippen LogP) is 7.04. The zero-order valence-corrected chi connectivity index (χ0v) is 19.5. The highest BCUT2D eigenvalue weighted by atomic mass is 16.5. The third kappa shape index (κ3) is 9.91. The topological polar surface area (TPSA) is 52.1 Å². The average molecular weight is 423 g/mol. The zero-order chi connectivity index (χ0) is 22.3. The second kappa shape index (κ2) is 14.5. The summed E-state index contributed by atoms with van der Waals surface area (Å²) in [6.45, 7) is 6.87. The Morgan fingerprint density at radius 1 is 0.968 bits per heavy atom. The van der Waals surface area contributed by atoms with Gasteiger partial charge in [0.1, 0.15) is 0 Å². The van der Waals surface area contributed by atoms with Crippen LogP contribution in [0.2, 0.25) is 0 Å². The number of rotatable bonds is 14. The maximum atomic E-state index is 11.8. The van der Waals surface area contributed by atoms with Gasteiger partial charge in [0.25, 0.3) is 0 Å². The minimum atomic E-state index is -0.302. The number of hydrogen-bond donors (Lipinski definition) is 0. The Balaban J connectivity index is 1.78. The standard InChI is InChI=1S/C27H38N2O2/c1-4-6-7-8-9-10-11-12-24-19-28-27(29-20-24)25-16-13-23(14-17-25)15-18-26(30)31-21-22(3)5-2/h13-20,22H,4-12,21H2,1-3H3/b18-15+. The molecular weight excluding hydrogens is 384 g/mol. The highest BCUT2D eigenvalue weighted by molar-refractivity contribution is 5.87. The largest absolute Gasteiger partial charge is 0.462 e. The Morgan fingerprint density at radius 3 is 2.26 bits per heavy atom. The lowest BCUT2D eigenvalue weighted by Crippen LogP contribution is -2.08. The van der Waals surface area contributed by atoms with Gasteiger partial charge in [0, 0.05) is 24.0 Å². The summed E-state index contributed by atoms with van der Waals surface area (Å²) >= 11 is 0. The first-order chi connectivity index (χ1) is 15.1. The van der Waals surface area contributed by atoms with Gasteiger partial charge < -0.3 is 4.74 Å². The van der Waals surface area contributed by atoms with Gasteiger partial charge in [-0.05, 0) is 36.0 Å². The minimum Gasteiger partial charge on any atom is -0.462 e. The smallest absolute Gasteiger partial charge is 0.330 e. The van der Waals surface area contributed by atoms with Gasteiger partial charge in [-0.3, -0.25) is 0 Å². The van der Waals surface area contributed by atoms with Crippen LogP contribution in [0.15, 0.2) is 42.7 Å². The number of aromatic nitrogens is 2. The summed E-state index contributed by atoms with van der Waals surface area (Å²) in [4.78, 5) is 20.9. The molecule has 4 heteroatoms. The molecule has 0 aliphatic rings. The van der Waals surface area contributed by atoms with Crippen molar-refractivity contribution >= 4 is 12.0 Å². The molecule has 4 nitrogen and oxygen atoms in total. The van der Waals surface area contributed by atoms with Gasteiger partial charge in [0.05, 0.1) is 6.61 Å². The van der Waals surface area contributed by atoms with Crippen LogP contribution in [0.25, 0.3) is 17.5 Å². The van der Waals surface area contributed by atoms with Gasteiger partial charge in [-0.15, -0.1) is 0 Å². The molecule has 0 aliphatic carbocycles. The number of benzene rings is 1. The number of hydrogen-bond acceptors (Lipinski definition) is 4. The summed E-state index contributed by atoms with van der Waals surface area (Å²) in [5.41, 5.74) is 3.12. The van der Waals surface area contributed by atoms with Crippen LogP contribution in [-0.2, 0) is 16.0 Å². The Hall–Kier alpha value is -2.49. The summed E-state index contributed by atoms with van der Waals surface area (Å²) in [5, 5.41) is 0. The summed E-state index contributed by atoms with van der Waals surface area (Å²) in [5.74, 6) is 0.814. The third-order valence-electron chi connectivity index (χ3n) is 5.56. The first kappa shape index (κ1) is 24.8. The molecule has 168 valence electrons. The Labute approximate surface area is 188 Å². The fourth-order valence-electron chi connectivity index (χ4n) is 3.22. The van der Waals surface area contributed by atoms with Crippen molar-refractivity contribution in [2.45, 2.75) is 78.6 Å². The van der Waals surface area contributed by atoms with E-state index in [1.54, 1.807) is 6.08 Å². The number of carbonyl (C=O) groups excluding carboxylic acids is 1. The normalized spacial score (nSPS) is 12.2. The van der Waals surface area contributed by atoms with Crippen molar-refractivity contribution in [2.75, 3.05) is 6.61 Å². The molecule has 31 heavy (non-hydrogen) atoms. The van der Waals surface area contributed by atoms with Crippen LogP contribution in [0.1, 0.15) is 83.3 Å². The lowest BCUT2D eigenvalue weighted by atomic mass is 10.1. The Bertz CT molecular complexity index is 782. The second-order valence-electron chi connectivity index (χ2n) is 8.39. The van der Waals surface area contributed by atoms with Crippen molar-refractivity contribution in [1.82, 2.24) is 9.97 Å². The zero-order valence-electron chi connectivity index (χ0n) is 19.5. The first-order valence-corrected chi connectivity index (χ1v) is 11.9. The van der Waals surface area contributed by atoms with Crippen LogP contribution in [0, 0.1) is 5.92 Å². The molecule has 0 amide bonds. The number of ether oxygens (including phenoxy) is 1. The molecular formula is C27H38N2O2. The SMILES string of the molecule is CCCCCCCCCc1cnc(-c2ccc(/C=C/C(=O)OCC(C)CC)cc2)nc1. The molecule has 2 rings (SSSR count). The maximum absolute atomic E-state index is 11.8. The number of carbonyl (C=O) groups is 1. The first-order valence-electron chi connectivity index (χ1n) is 11.9. The predicted molar refractivity (Wildman–Crippen MR) is 129 cm³/mol. The van der Waals surface area contributed by atoms with E-state index in [1.165, 1.54) is 56.6 Å². The molecule has 0 spiro atoms. The van der Waals surface area contributed by atoms with Crippen LogP contribution in [0.3, 0.4) is 0 Å². The van der Waals surface area contributed by atoms with Gasteiger partial charge in [0.2, 0.25) is 0 Å². The summed E-state index contributed by atoms with van der Waals surface area (Å²) in [7, 11) is 0. The second-order valence-corrected chi connectivity index (χ2v) is 8.39. The molecule has 1 unspecified atom stereocenters. The van der Waals surface area contributed by atoms with Gasteiger partial charge in [-0.25, -0.2) is 14.8 Å². The van der Waals surface area contributed by atoms with Crippen LogP contribution in [0.4, 0.5) is 0 Å². The van der Waals surface area contributed by atoms with E-state index >= 15 is 0 Å². The molecule has 0 radical (unpaired) electrons. The van der Waals surface area contributed by atoms with Crippen molar-refractivity contribution in [1.29, 1.82) is 0 Å². The molecule has 0 fully saturated rings. The van der Waals surface area contributed by atoms with Gasteiger partial charge in [-0.1, -0.05) is 90.0 Å². The third-order valence-corrected chi connectivity index (χ3v) is 5.56. The minimum absolute atomic E-state index is 0.302. The molecule has 0 saturated heterocycles. The van der Waals surface area contributed by atoms with Gasteiger partial charge in [0.15, 0.2) is 5.82 Å². The van der Waals surface area contributed by atoms with Crippen LogP contribution in [-0.4, -0.2) is 22.5 Å². The summed E-state index contributed by atoms with van der Waals surface area (Å²) in [6.07, 6.45) is 18.4. The lowest BCUT2D eigenvalue weighted by Gasteiger charge is -2.07. The fraction of sp³-hybridized carbons (Fsp3) is 0.519. The van der Waals surface area contributed by atoms with E-state index in [0.29, 0.717) is 12.5 Å². The highest BCUT2D eigenvalue weighted by Gasteiger charge is 2.04. The number of esters is 1. The van der Waals surface area contributed by atoms with E-state index in [0.717, 1.165) is 29.8 Å². The van der Waals surface area contributed by atoms with E-state index in [9.17, 15) is 4.79 Å². The maximum Gasteiger partial charge on any atom is 0.330 e.